The number of hydrogen-bond donors (Lipinski definition) is 1. The highest BCUT2D eigenvalue weighted by molar-refractivity contribution is 6.32. The number of carbonyl (C=O) groups is 1. The Hall–Kier alpha value is -1.84. The maximum Gasteiger partial charge on any atom is 0.153 e. The van der Waals surface area contributed by atoms with Crippen molar-refractivity contribution in [2.45, 2.75) is 12.5 Å². The van der Waals surface area contributed by atoms with E-state index in [-0.39, 0.29) is 6.61 Å². The monoisotopic (exact) mass is 290 g/mol. The van der Waals surface area contributed by atoms with Crippen LogP contribution in [0.5, 0.6) is 5.75 Å². The van der Waals surface area contributed by atoms with Crippen LogP contribution in [0.15, 0.2) is 48.5 Å². The van der Waals surface area contributed by atoms with Gasteiger partial charge in [-0.05, 0) is 24.6 Å². The first kappa shape index (κ1) is 14.6. The molecule has 0 heterocycles. The molecule has 0 aromatic heterocycles. The van der Waals surface area contributed by atoms with Gasteiger partial charge in [0.15, 0.2) is 6.29 Å². The average Bonchev–Trinajstić information content (AvgIpc) is 2.46. The van der Waals surface area contributed by atoms with Gasteiger partial charge in [-0.25, -0.2) is 0 Å². The number of carbonyl (C=O) groups excluding carboxylic acids is 1. The van der Waals surface area contributed by atoms with E-state index in [1.165, 1.54) is 0 Å². The van der Waals surface area contributed by atoms with E-state index < -0.39 is 5.60 Å². The minimum atomic E-state index is -1.17. The van der Waals surface area contributed by atoms with Gasteiger partial charge in [-0.2, -0.15) is 0 Å². The number of hydrogen-bond acceptors (Lipinski definition) is 3. The molecule has 4 heteroatoms. The van der Waals surface area contributed by atoms with E-state index in [1.54, 1.807) is 25.1 Å². The molecular formula is C16H15ClO3. The molecule has 0 saturated heterocycles. The first-order chi connectivity index (χ1) is 9.54. The topological polar surface area (TPSA) is 46.5 Å². The number of ether oxygens (including phenoxy) is 1. The number of para-hydroxylation sites is 1. The molecule has 0 radical (unpaired) electrons. The van der Waals surface area contributed by atoms with Crippen LogP contribution in [0.1, 0.15) is 22.8 Å². The van der Waals surface area contributed by atoms with E-state index >= 15 is 0 Å². The van der Waals surface area contributed by atoms with Crippen LogP contribution in [0.25, 0.3) is 0 Å². The van der Waals surface area contributed by atoms with E-state index in [1.807, 2.05) is 30.3 Å². The van der Waals surface area contributed by atoms with Crippen molar-refractivity contribution in [1.82, 2.24) is 0 Å². The summed E-state index contributed by atoms with van der Waals surface area (Å²) in [6.45, 7) is 1.65. The van der Waals surface area contributed by atoms with Gasteiger partial charge < -0.3 is 9.84 Å². The summed E-state index contributed by atoms with van der Waals surface area (Å²) in [5.74, 6) is 0.292. The third-order valence-corrected chi connectivity index (χ3v) is 3.32. The maximum absolute atomic E-state index is 11.0. The molecule has 1 unspecified atom stereocenters. The van der Waals surface area contributed by atoms with Crippen LogP contribution in [0.4, 0.5) is 0 Å². The second-order valence-electron chi connectivity index (χ2n) is 4.70. The largest absolute Gasteiger partial charge is 0.488 e. The smallest absolute Gasteiger partial charge is 0.153 e. The quantitative estimate of drug-likeness (QED) is 0.858. The molecule has 0 saturated carbocycles. The lowest BCUT2D eigenvalue weighted by Gasteiger charge is -2.24. The van der Waals surface area contributed by atoms with E-state index in [2.05, 4.69) is 0 Å². The Balaban J connectivity index is 2.19. The molecule has 1 N–H and O–H groups in total. The molecule has 0 spiro atoms. The average molecular weight is 291 g/mol. The summed E-state index contributed by atoms with van der Waals surface area (Å²) in [5, 5.41) is 10.8. The molecule has 3 nitrogen and oxygen atoms in total. The summed E-state index contributed by atoms with van der Waals surface area (Å²) in [6.07, 6.45) is 0.679. The normalized spacial score (nSPS) is 13.6. The van der Waals surface area contributed by atoms with Gasteiger partial charge in [0, 0.05) is 0 Å². The van der Waals surface area contributed by atoms with Crippen molar-refractivity contribution in [3.05, 3.63) is 64.7 Å². The van der Waals surface area contributed by atoms with Gasteiger partial charge in [-0.1, -0.05) is 48.0 Å². The van der Waals surface area contributed by atoms with E-state index in [9.17, 15) is 9.90 Å². The van der Waals surface area contributed by atoms with Gasteiger partial charge in [-0.15, -0.1) is 0 Å². The standard InChI is InChI=1S/C16H15ClO3/c1-16(19,13-7-3-2-4-8-13)11-20-15-12(10-18)6-5-9-14(15)17/h2-10,19H,11H2,1H3. The van der Waals surface area contributed by atoms with Gasteiger partial charge in [-0.3, -0.25) is 4.79 Å². The minimum Gasteiger partial charge on any atom is -0.488 e. The van der Waals surface area contributed by atoms with Crippen LogP contribution in [0.2, 0.25) is 5.02 Å². The summed E-state index contributed by atoms with van der Waals surface area (Å²) in [5.41, 5.74) is -0.0679. The Bertz CT molecular complexity index is 594. The fourth-order valence-electron chi connectivity index (χ4n) is 1.86. The molecule has 0 aliphatic heterocycles. The predicted octanol–water partition coefficient (Wildman–Crippen LogP) is 3.44. The van der Waals surface area contributed by atoms with Crippen molar-refractivity contribution in [1.29, 1.82) is 0 Å². The van der Waals surface area contributed by atoms with Gasteiger partial charge in [0.2, 0.25) is 0 Å². The first-order valence-electron chi connectivity index (χ1n) is 6.19. The van der Waals surface area contributed by atoms with Crippen molar-refractivity contribution < 1.29 is 14.6 Å². The van der Waals surface area contributed by atoms with E-state index in [4.69, 9.17) is 16.3 Å². The summed E-state index contributed by atoms with van der Waals surface area (Å²) < 4.78 is 5.56. The van der Waals surface area contributed by atoms with Crippen LogP contribution >= 0.6 is 11.6 Å². The zero-order valence-electron chi connectivity index (χ0n) is 11.0. The third-order valence-electron chi connectivity index (χ3n) is 3.02. The fourth-order valence-corrected chi connectivity index (χ4v) is 2.10. The maximum atomic E-state index is 11.0. The summed E-state index contributed by atoms with van der Waals surface area (Å²) in [7, 11) is 0. The molecule has 0 bridgehead atoms. The molecular weight excluding hydrogens is 276 g/mol. The Kier molecular flexibility index (Phi) is 4.42. The number of halogens is 1. The molecule has 2 rings (SSSR count). The molecule has 2 aromatic carbocycles. The summed E-state index contributed by atoms with van der Waals surface area (Å²) >= 11 is 6.02. The van der Waals surface area contributed by atoms with E-state index in [0.29, 0.717) is 22.6 Å². The van der Waals surface area contributed by atoms with Crippen molar-refractivity contribution in [3.8, 4) is 5.75 Å². The second-order valence-corrected chi connectivity index (χ2v) is 5.11. The lowest BCUT2D eigenvalue weighted by molar-refractivity contribution is 0.00743. The van der Waals surface area contributed by atoms with Crippen LogP contribution in [-0.2, 0) is 5.60 Å². The van der Waals surface area contributed by atoms with Crippen molar-refractivity contribution in [3.63, 3.8) is 0 Å². The highest BCUT2D eigenvalue weighted by atomic mass is 35.5. The van der Waals surface area contributed by atoms with Gasteiger partial charge >= 0.3 is 0 Å². The van der Waals surface area contributed by atoms with Crippen molar-refractivity contribution >= 4 is 17.9 Å². The zero-order valence-corrected chi connectivity index (χ0v) is 11.8. The first-order valence-corrected chi connectivity index (χ1v) is 6.57. The van der Waals surface area contributed by atoms with Gasteiger partial charge in [0.05, 0.1) is 10.6 Å². The molecule has 0 aliphatic carbocycles. The molecule has 1 atom stereocenters. The van der Waals surface area contributed by atoms with Crippen molar-refractivity contribution in [2.75, 3.05) is 6.61 Å². The highest BCUT2D eigenvalue weighted by Gasteiger charge is 2.24. The predicted molar refractivity (Wildman–Crippen MR) is 78.3 cm³/mol. The van der Waals surface area contributed by atoms with Gasteiger partial charge in [0.1, 0.15) is 18.0 Å². The highest BCUT2D eigenvalue weighted by Crippen LogP contribution is 2.30. The molecule has 0 fully saturated rings. The Labute approximate surface area is 122 Å². The van der Waals surface area contributed by atoms with Crippen LogP contribution in [0.3, 0.4) is 0 Å². The van der Waals surface area contributed by atoms with Crippen LogP contribution in [-0.4, -0.2) is 18.0 Å². The summed E-state index contributed by atoms with van der Waals surface area (Å²) in [4.78, 5) is 11.0. The fraction of sp³-hybridized carbons (Fsp3) is 0.188. The lowest BCUT2D eigenvalue weighted by Crippen LogP contribution is -2.29. The summed E-state index contributed by atoms with van der Waals surface area (Å²) in [6, 6.07) is 14.1. The Morgan fingerprint density at radius 2 is 1.90 bits per heavy atom. The Morgan fingerprint density at radius 1 is 1.20 bits per heavy atom. The number of aldehydes is 1. The van der Waals surface area contributed by atoms with Crippen molar-refractivity contribution in [2.24, 2.45) is 0 Å². The molecule has 0 aliphatic rings. The van der Waals surface area contributed by atoms with Gasteiger partial charge in [0.25, 0.3) is 0 Å². The molecule has 20 heavy (non-hydrogen) atoms. The van der Waals surface area contributed by atoms with Crippen LogP contribution in [0, 0.1) is 0 Å². The van der Waals surface area contributed by atoms with Crippen LogP contribution < -0.4 is 4.74 Å². The van der Waals surface area contributed by atoms with E-state index in [0.717, 1.165) is 5.56 Å². The number of aliphatic hydroxyl groups is 1. The number of benzene rings is 2. The molecule has 2 aromatic rings. The molecule has 0 amide bonds. The number of rotatable bonds is 5. The second kappa shape index (κ2) is 6.07. The Morgan fingerprint density at radius 3 is 2.55 bits per heavy atom. The minimum absolute atomic E-state index is 0.00157. The zero-order chi connectivity index (χ0) is 14.6. The molecule has 104 valence electrons. The SMILES string of the molecule is CC(O)(COc1c(Cl)cccc1C=O)c1ccccc1. The third kappa shape index (κ3) is 3.18. The lowest BCUT2D eigenvalue weighted by atomic mass is 9.97.